The average Bonchev–Trinajstić information content (AvgIpc) is 2.88. The zero-order chi connectivity index (χ0) is 14.8. The van der Waals surface area contributed by atoms with Crippen molar-refractivity contribution in [3.05, 3.63) is 63.2 Å². The van der Waals surface area contributed by atoms with Gasteiger partial charge in [-0.05, 0) is 17.7 Å². The van der Waals surface area contributed by atoms with Crippen LogP contribution in [0.1, 0.15) is 11.4 Å². The second kappa shape index (κ2) is 5.91. The van der Waals surface area contributed by atoms with E-state index in [1.54, 1.807) is 4.68 Å². The number of hydrogen-bond donors (Lipinski definition) is 1. The Balaban J connectivity index is 1.99. The first-order valence-corrected chi connectivity index (χ1v) is 7.64. The summed E-state index contributed by atoms with van der Waals surface area (Å²) in [5, 5.41) is 4.19. The maximum absolute atomic E-state index is 5.27. The number of aromatic amines is 1. The van der Waals surface area contributed by atoms with Crippen LogP contribution in [0.15, 0.2) is 47.2 Å². The lowest BCUT2D eigenvalue weighted by molar-refractivity contribution is 0.768. The first-order valence-electron chi connectivity index (χ1n) is 6.44. The van der Waals surface area contributed by atoms with Gasteiger partial charge in [0.05, 0.1) is 11.9 Å². The van der Waals surface area contributed by atoms with Crippen molar-refractivity contribution in [2.24, 2.45) is 7.05 Å². The highest BCUT2D eigenvalue weighted by atomic mass is 79.9. The van der Waals surface area contributed by atoms with Crippen LogP contribution >= 0.6 is 28.1 Å². The van der Waals surface area contributed by atoms with Gasteiger partial charge in [-0.2, -0.15) is 5.10 Å². The van der Waals surface area contributed by atoms with Gasteiger partial charge in [-0.1, -0.05) is 46.3 Å². The Bertz CT molecular complexity index is 837. The van der Waals surface area contributed by atoms with Crippen LogP contribution in [0.5, 0.6) is 0 Å². The highest BCUT2D eigenvalue weighted by Crippen LogP contribution is 2.20. The van der Waals surface area contributed by atoms with Crippen LogP contribution in [-0.4, -0.2) is 19.7 Å². The van der Waals surface area contributed by atoms with Crippen molar-refractivity contribution in [1.29, 1.82) is 0 Å². The maximum Gasteiger partial charge on any atom is 0.130 e. The minimum Gasteiger partial charge on any atom is -0.343 e. The fraction of sp³-hybridized carbons (Fsp3) is 0.133. The molecule has 0 unspecified atom stereocenters. The smallest absolute Gasteiger partial charge is 0.130 e. The van der Waals surface area contributed by atoms with Gasteiger partial charge in [-0.15, -0.1) is 0 Å². The van der Waals surface area contributed by atoms with E-state index in [4.69, 9.17) is 12.2 Å². The average molecular weight is 361 g/mol. The van der Waals surface area contributed by atoms with Crippen LogP contribution in [0.2, 0.25) is 0 Å². The zero-order valence-electron chi connectivity index (χ0n) is 11.4. The summed E-state index contributed by atoms with van der Waals surface area (Å²) in [4.78, 5) is 7.75. The van der Waals surface area contributed by atoms with Gasteiger partial charge in [0, 0.05) is 29.7 Å². The monoisotopic (exact) mass is 360 g/mol. The Labute approximate surface area is 136 Å². The molecule has 2 heterocycles. The Kier molecular flexibility index (Phi) is 3.98. The fourth-order valence-electron chi connectivity index (χ4n) is 2.13. The summed E-state index contributed by atoms with van der Waals surface area (Å²) in [6, 6.07) is 9.96. The molecule has 1 N–H and O–H groups in total. The normalized spacial score (nSPS) is 10.8. The molecule has 2 aromatic heterocycles. The summed E-state index contributed by atoms with van der Waals surface area (Å²) in [6.45, 7) is 0. The third-order valence-electron chi connectivity index (χ3n) is 3.12. The van der Waals surface area contributed by atoms with E-state index in [2.05, 4.69) is 37.1 Å². The number of aryl methyl sites for hydroxylation is 1. The van der Waals surface area contributed by atoms with E-state index in [1.165, 1.54) is 5.56 Å². The number of benzene rings is 1. The highest BCUT2D eigenvalue weighted by Gasteiger charge is 2.06. The molecule has 0 aliphatic carbocycles. The molecule has 0 amide bonds. The molecule has 1 aromatic carbocycles. The zero-order valence-corrected chi connectivity index (χ0v) is 13.8. The lowest BCUT2D eigenvalue weighted by Gasteiger charge is -2.06. The van der Waals surface area contributed by atoms with E-state index < -0.39 is 0 Å². The first kappa shape index (κ1) is 14.2. The second-order valence-corrected chi connectivity index (χ2v) is 6.02. The van der Waals surface area contributed by atoms with E-state index in [0.717, 1.165) is 21.6 Å². The molecule has 0 fully saturated rings. The molecule has 0 aliphatic rings. The Morgan fingerprint density at radius 2 is 2.14 bits per heavy atom. The van der Waals surface area contributed by atoms with Gasteiger partial charge in [0.1, 0.15) is 10.5 Å². The van der Waals surface area contributed by atoms with Crippen LogP contribution < -0.4 is 0 Å². The van der Waals surface area contributed by atoms with E-state index in [0.29, 0.717) is 11.1 Å². The molecule has 0 saturated carbocycles. The molecule has 106 valence electrons. The number of nitrogens with zero attached hydrogens (tertiary/aromatic N) is 3. The molecular weight excluding hydrogens is 348 g/mol. The Morgan fingerprint density at radius 3 is 2.86 bits per heavy atom. The van der Waals surface area contributed by atoms with E-state index in [1.807, 2.05) is 43.7 Å². The molecule has 3 aromatic rings. The van der Waals surface area contributed by atoms with E-state index >= 15 is 0 Å². The van der Waals surface area contributed by atoms with Crippen LogP contribution in [0, 0.1) is 4.64 Å². The van der Waals surface area contributed by atoms with Crippen molar-refractivity contribution in [3.8, 4) is 11.3 Å². The van der Waals surface area contributed by atoms with Crippen molar-refractivity contribution in [2.75, 3.05) is 0 Å². The minimum absolute atomic E-state index is 0.578. The number of hydrogen-bond acceptors (Lipinski definition) is 3. The summed E-state index contributed by atoms with van der Waals surface area (Å²) in [5.74, 6) is 0.841. The number of H-pyrrole nitrogens is 1. The van der Waals surface area contributed by atoms with E-state index in [9.17, 15) is 0 Å². The largest absolute Gasteiger partial charge is 0.343 e. The first-order chi connectivity index (χ1) is 10.1. The van der Waals surface area contributed by atoms with Crippen LogP contribution in [0.25, 0.3) is 11.3 Å². The second-order valence-electron chi connectivity index (χ2n) is 4.75. The van der Waals surface area contributed by atoms with Gasteiger partial charge >= 0.3 is 0 Å². The van der Waals surface area contributed by atoms with Crippen LogP contribution in [0.4, 0.5) is 0 Å². The summed E-state index contributed by atoms with van der Waals surface area (Å²) < 4.78 is 3.41. The maximum atomic E-state index is 5.27. The standard InChI is InChI=1S/C15H13BrN4S/c1-20-9-11(8-17-20)13-7-15(21)19-14(18-13)6-10-4-2-3-5-12(10)16/h2-5,7-9H,6H2,1H3,(H,18,19,21). The van der Waals surface area contributed by atoms with Crippen molar-refractivity contribution in [2.45, 2.75) is 6.42 Å². The summed E-state index contributed by atoms with van der Waals surface area (Å²) in [7, 11) is 1.89. The highest BCUT2D eigenvalue weighted by molar-refractivity contribution is 9.10. The Morgan fingerprint density at radius 1 is 1.33 bits per heavy atom. The minimum atomic E-state index is 0.578. The molecule has 0 atom stereocenters. The predicted octanol–water partition coefficient (Wildman–Crippen LogP) is 3.89. The van der Waals surface area contributed by atoms with Gasteiger partial charge in [0.25, 0.3) is 0 Å². The topological polar surface area (TPSA) is 46.5 Å². The molecular formula is C15H13BrN4S. The molecule has 6 heteroatoms. The fourth-order valence-corrected chi connectivity index (χ4v) is 2.78. The molecule has 0 spiro atoms. The number of rotatable bonds is 3. The quantitative estimate of drug-likeness (QED) is 0.720. The van der Waals surface area contributed by atoms with Gasteiger partial charge in [0.15, 0.2) is 0 Å². The third kappa shape index (κ3) is 3.28. The molecule has 21 heavy (non-hydrogen) atoms. The van der Waals surface area contributed by atoms with Gasteiger partial charge < -0.3 is 4.98 Å². The lowest BCUT2D eigenvalue weighted by atomic mass is 10.1. The van der Waals surface area contributed by atoms with E-state index in [-0.39, 0.29) is 0 Å². The summed E-state index contributed by atoms with van der Waals surface area (Å²) in [6.07, 6.45) is 4.45. The third-order valence-corrected chi connectivity index (χ3v) is 4.11. The van der Waals surface area contributed by atoms with Crippen molar-refractivity contribution >= 4 is 28.1 Å². The molecule has 0 bridgehead atoms. The number of halogens is 1. The lowest BCUT2D eigenvalue weighted by Crippen LogP contribution is -1.99. The van der Waals surface area contributed by atoms with Crippen molar-refractivity contribution in [1.82, 2.24) is 19.7 Å². The molecule has 0 aliphatic heterocycles. The van der Waals surface area contributed by atoms with Gasteiger partial charge in [-0.25, -0.2) is 4.98 Å². The number of nitrogens with one attached hydrogen (secondary N) is 1. The van der Waals surface area contributed by atoms with Crippen LogP contribution in [0.3, 0.4) is 0 Å². The van der Waals surface area contributed by atoms with Crippen LogP contribution in [-0.2, 0) is 13.5 Å². The van der Waals surface area contributed by atoms with Crippen molar-refractivity contribution in [3.63, 3.8) is 0 Å². The molecule has 0 saturated heterocycles. The van der Waals surface area contributed by atoms with Crippen molar-refractivity contribution < 1.29 is 0 Å². The predicted molar refractivity (Wildman–Crippen MR) is 88.6 cm³/mol. The summed E-state index contributed by atoms with van der Waals surface area (Å²) >= 11 is 8.83. The molecule has 4 nitrogen and oxygen atoms in total. The Hall–Kier alpha value is -1.79. The number of aromatic nitrogens is 4. The van der Waals surface area contributed by atoms with Gasteiger partial charge in [-0.3, -0.25) is 4.68 Å². The molecule has 0 radical (unpaired) electrons. The SMILES string of the molecule is Cn1cc(-c2cc(=S)nc(Cc3ccccc3Br)[nH]2)cn1. The summed E-state index contributed by atoms with van der Waals surface area (Å²) in [5.41, 5.74) is 3.10. The molecule has 3 rings (SSSR count). The van der Waals surface area contributed by atoms with Gasteiger partial charge in [0.2, 0.25) is 0 Å².